The Morgan fingerprint density at radius 1 is 1.56 bits per heavy atom. The molecule has 0 saturated heterocycles. The highest BCUT2D eigenvalue weighted by Gasteiger charge is 2.11. The zero-order valence-electron chi connectivity index (χ0n) is 11.0. The summed E-state index contributed by atoms with van der Waals surface area (Å²) in [7, 11) is 1.74. The van der Waals surface area contributed by atoms with E-state index >= 15 is 0 Å². The maximum Gasteiger partial charge on any atom is 0.255 e. The van der Waals surface area contributed by atoms with Crippen molar-refractivity contribution in [2.75, 3.05) is 25.6 Å². The number of anilines is 1. The number of aromatic nitrogens is 1. The Balaban J connectivity index is 2.51. The Morgan fingerprint density at radius 2 is 2.28 bits per heavy atom. The summed E-state index contributed by atoms with van der Waals surface area (Å²) < 4.78 is 5.40. The molecule has 0 atom stereocenters. The van der Waals surface area contributed by atoms with Gasteiger partial charge in [0.15, 0.2) is 0 Å². The molecule has 0 aliphatic carbocycles. The van der Waals surface area contributed by atoms with Gasteiger partial charge in [-0.15, -0.1) is 0 Å². The van der Waals surface area contributed by atoms with Crippen LogP contribution in [-0.2, 0) is 4.74 Å². The van der Waals surface area contributed by atoms with Crippen LogP contribution < -0.4 is 11.3 Å². The summed E-state index contributed by atoms with van der Waals surface area (Å²) in [5.41, 5.74) is 2.94. The van der Waals surface area contributed by atoms with Crippen LogP contribution in [-0.4, -0.2) is 42.1 Å². The van der Waals surface area contributed by atoms with Gasteiger partial charge in [0.25, 0.3) is 5.91 Å². The third-order valence-corrected chi connectivity index (χ3v) is 2.38. The molecule has 1 aromatic heterocycles. The molecule has 6 heteroatoms. The number of rotatable bonds is 6. The highest BCUT2D eigenvalue weighted by atomic mass is 16.5. The van der Waals surface area contributed by atoms with Gasteiger partial charge in [0, 0.05) is 19.8 Å². The molecule has 0 aromatic carbocycles. The van der Waals surface area contributed by atoms with Crippen molar-refractivity contribution in [3.05, 3.63) is 23.9 Å². The highest BCUT2D eigenvalue weighted by molar-refractivity contribution is 5.93. The minimum atomic E-state index is -0.0848. The normalized spacial score (nSPS) is 10.5. The number of carbonyl (C=O) groups excluding carboxylic acids is 1. The number of nitrogens with zero attached hydrogens (tertiary/aromatic N) is 2. The lowest BCUT2D eigenvalue weighted by Crippen LogP contribution is -2.30. The fourth-order valence-electron chi connectivity index (χ4n) is 1.35. The second kappa shape index (κ2) is 6.93. The predicted molar refractivity (Wildman–Crippen MR) is 70.1 cm³/mol. The molecule has 3 N–H and O–H groups in total. The fourth-order valence-corrected chi connectivity index (χ4v) is 1.35. The molecule has 0 fully saturated rings. The number of hydrazine groups is 1. The van der Waals surface area contributed by atoms with Crippen molar-refractivity contribution in [3.63, 3.8) is 0 Å². The van der Waals surface area contributed by atoms with Crippen LogP contribution in [0.4, 0.5) is 5.82 Å². The van der Waals surface area contributed by atoms with Crippen LogP contribution in [0.1, 0.15) is 24.2 Å². The Hall–Kier alpha value is -1.66. The number of nitrogens with one attached hydrogen (secondary N) is 1. The maximum atomic E-state index is 12.0. The number of hydrogen-bond donors (Lipinski definition) is 2. The fraction of sp³-hybridized carbons (Fsp3) is 0.500. The molecule has 0 saturated carbocycles. The van der Waals surface area contributed by atoms with Crippen molar-refractivity contribution >= 4 is 11.7 Å². The van der Waals surface area contributed by atoms with Crippen LogP contribution in [0.2, 0.25) is 0 Å². The van der Waals surface area contributed by atoms with Gasteiger partial charge in [-0.3, -0.25) is 4.79 Å². The predicted octanol–water partition coefficient (Wildman–Crippen LogP) is 0.864. The number of carbonyl (C=O) groups is 1. The molecule has 18 heavy (non-hydrogen) atoms. The van der Waals surface area contributed by atoms with Gasteiger partial charge in [0.2, 0.25) is 0 Å². The van der Waals surface area contributed by atoms with Crippen molar-refractivity contribution < 1.29 is 9.53 Å². The first-order valence-corrected chi connectivity index (χ1v) is 5.84. The molecule has 0 radical (unpaired) electrons. The van der Waals surface area contributed by atoms with Gasteiger partial charge < -0.3 is 15.1 Å². The van der Waals surface area contributed by atoms with Gasteiger partial charge in [-0.1, -0.05) is 0 Å². The summed E-state index contributed by atoms with van der Waals surface area (Å²) in [4.78, 5) is 17.6. The third kappa shape index (κ3) is 4.31. The molecule has 0 aliphatic heterocycles. The van der Waals surface area contributed by atoms with E-state index in [2.05, 4.69) is 10.4 Å². The minimum absolute atomic E-state index is 0.0848. The second-order valence-corrected chi connectivity index (χ2v) is 4.22. The first kappa shape index (κ1) is 14.4. The first-order valence-electron chi connectivity index (χ1n) is 5.84. The van der Waals surface area contributed by atoms with Crippen molar-refractivity contribution in [2.24, 2.45) is 5.84 Å². The number of hydrogen-bond acceptors (Lipinski definition) is 5. The number of pyridine rings is 1. The van der Waals surface area contributed by atoms with E-state index in [-0.39, 0.29) is 12.0 Å². The van der Waals surface area contributed by atoms with Gasteiger partial charge >= 0.3 is 0 Å². The molecular weight excluding hydrogens is 232 g/mol. The molecule has 6 nitrogen and oxygen atoms in total. The van der Waals surface area contributed by atoms with Gasteiger partial charge in [0.1, 0.15) is 5.82 Å². The van der Waals surface area contributed by atoms with Crippen molar-refractivity contribution in [1.29, 1.82) is 0 Å². The summed E-state index contributed by atoms with van der Waals surface area (Å²) in [5, 5.41) is 0. The second-order valence-electron chi connectivity index (χ2n) is 4.22. The maximum absolute atomic E-state index is 12.0. The largest absolute Gasteiger partial charge is 0.377 e. The number of likely N-dealkylation sites (N-methyl/N-ethyl adjacent to an activating group) is 1. The zero-order chi connectivity index (χ0) is 13.5. The molecule has 0 unspecified atom stereocenters. The van der Waals surface area contributed by atoms with E-state index in [1.807, 2.05) is 13.8 Å². The Morgan fingerprint density at radius 3 is 2.78 bits per heavy atom. The van der Waals surface area contributed by atoms with Crippen LogP contribution in [0, 0.1) is 0 Å². The van der Waals surface area contributed by atoms with Gasteiger partial charge in [-0.2, -0.15) is 0 Å². The molecule has 0 spiro atoms. The van der Waals surface area contributed by atoms with Gasteiger partial charge in [-0.25, -0.2) is 10.8 Å². The highest BCUT2D eigenvalue weighted by Crippen LogP contribution is 2.06. The molecular formula is C12H20N4O2. The summed E-state index contributed by atoms with van der Waals surface area (Å²) >= 11 is 0. The van der Waals surface area contributed by atoms with Gasteiger partial charge in [-0.05, 0) is 26.0 Å². The standard InChI is InChI=1S/C12H20N4O2/c1-9(2)18-7-6-16(3)12(17)10-4-5-11(15-13)14-8-10/h4-5,8-9H,6-7,13H2,1-3H3,(H,14,15). The van der Waals surface area contributed by atoms with Crippen LogP contribution in [0.15, 0.2) is 18.3 Å². The number of amides is 1. The van der Waals surface area contributed by atoms with Crippen LogP contribution in [0.5, 0.6) is 0 Å². The average Bonchev–Trinajstić information content (AvgIpc) is 2.37. The van der Waals surface area contributed by atoms with Crippen molar-refractivity contribution in [1.82, 2.24) is 9.88 Å². The number of nitrogens with two attached hydrogens (primary N) is 1. The first-order chi connectivity index (χ1) is 8.54. The quantitative estimate of drug-likeness (QED) is 0.580. The van der Waals surface area contributed by atoms with E-state index in [1.165, 1.54) is 6.20 Å². The topological polar surface area (TPSA) is 80.5 Å². The van der Waals surface area contributed by atoms with E-state index in [1.54, 1.807) is 24.1 Å². The summed E-state index contributed by atoms with van der Waals surface area (Å²) in [6.07, 6.45) is 1.67. The SMILES string of the molecule is CC(C)OCCN(C)C(=O)c1ccc(NN)nc1. The Labute approximate surface area is 107 Å². The lowest BCUT2D eigenvalue weighted by Gasteiger charge is -2.18. The summed E-state index contributed by atoms with van der Waals surface area (Å²) in [6.45, 7) is 5.00. The Kier molecular flexibility index (Phi) is 5.54. The van der Waals surface area contributed by atoms with Gasteiger partial charge in [0.05, 0.1) is 18.3 Å². The summed E-state index contributed by atoms with van der Waals surface area (Å²) in [5.74, 6) is 5.65. The molecule has 1 heterocycles. The number of ether oxygens (including phenoxy) is 1. The lowest BCUT2D eigenvalue weighted by atomic mass is 10.2. The van der Waals surface area contributed by atoms with E-state index in [0.29, 0.717) is 24.5 Å². The van der Waals surface area contributed by atoms with E-state index < -0.39 is 0 Å². The average molecular weight is 252 g/mol. The van der Waals surface area contributed by atoms with Crippen LogP contribution >= 0.6 is 0 Å². The van der Waals surface area contributed by atoms with Crippen molar-refractivity contribution in [2.45, 2.75) is 20.0 Å². The molecule has 100 valence electrons. The molecule has 0 bridgehead atoms. The molecule has 1 rings (SSSR count). The van der Waals surface area contributed by atoms with E-state index in [0.717, 1.165) is 0 Å². The minimum Gasteiger partial charge on any atom is -0.377 e. The van der Waals surface area contributed by atoms with E-state index in [4.69, 9.17) is 10.6 Å². The molecule has 1 aromatic rings. The number of nitrogen functional groups attached to an aromatic ring is 1. The van der Waals surface area contributed by atoms with E-state index in [9.17, 15) is 4.79 Å². The monoisotopic (exact) mass is 252 g/mol. The third-order valence-electron chi connectivity index (χ3n) is 2.38. The zero-order valence-corrected chi connectivity index (χ0v) is 11.0. The van der Waals surface area contributed by atoms with Crippen molar-refractivity contribution in [3.8, 4) is 0 Å². The smallest absolute Gasteiger partial charge is 0.255 e. The summed E-state index contributed by atoms with van der Waals surface area (Å²) in [6, 6.07) is 3.34. The molecule has 0 aliphatic rings. The van der Waals surface area contributed by atoms with Crippen LogP contribution in [0.25, 0.3) is 0 Å². The molecule has 1 amide bonds. The van der Waals surface area contributed by atoms with Crippen LogP contribution in [0.3, 0.4) is 0 Å². The Bertz CT molecular complexity index is 378. The lowest BCUT2D eigenvalue weighted by molar-refractivity contribution is 0.0532.